The first-order valence-electron chi connectivity index (χ1n) is 2.73. The molecule has 0 aromatic heterocycles. The van der Waals surface area contributed by atoms with Gasteiger partial charge in [0.2, 0.25) is 0 Å². The molecule has 1 N–H and O–H groups in total. The van der Waals surface area contributed by atoms with Gasteiger partial charge >= 0.3 is 0 Å². The molecule has 0 bridgehead atoms. The lowest BCUT2D eigenvalue weighted by Crippen LogP contribution is -2.19. The van der Waals surface area contributed by atoms with Crippen LogP contribution in [0, 0.1) is 11.3 Å². The summed E-state index contributed by atoms with van der Waals surface area (Å²) < 4.78 is 0. The minimum absolute atomic E-state index is 0.864. The van der Waals surface area contributed by atoms with Crippen LogP contribution in [0.25, 0.3) is 0 Å². The van der Waals surface area contributed by atoms with Crippen molar-refractivity contribution < 1.29 is 0 Å². The van der Waals surface area contributed by atoms with Crippen LogP contribution in [-0.4, -0.2) is 13.1 Å². The second kappa shape index (κ2) is 2.49. The van der Waals surface area contributed by atoms with Gasteiger partial charge in [-0.15, -0.1) is 0 Å². The van der Waals surface area contributed by atoms with Gasteiger partial charge in [0, 0.05) is 18.7 Å². The van der Waals surface area contributed by atoms with Gasteiger partial charge < -0.3 is 5.32 Å². The van der Waals surface area contributed by atoms with Crippen LogP contribution < -0.4 is 5.32 Å². The molecule has 0 aromatic rings. The topological polar surface area (TPSA) is 35.8 Å². The number of hydrogen-bond donors (Lipinski definition) is 1. The molecule has 0 atom stereocenters. The van der Waals surface area contributed by atoms with E-state index >= 15 is 0 Å². The second-order valence-corrected chi connectivity index (χ2v) is 1.80. The van der Waals surface area contributed by atoms with Crippen molar-refractivity contribution >= 4 is 0 Å². The summed E-state index contributed by atoms with van der Waals surface area (Å²) in [6.07, 6.45) is 2.83. The van der Waals surface area contributed by atoms with E-state index in [1.54, 1.807) is 0 Å². The van der Waals surface area contributed by atoms with E-state index in [0.29, 0.717) is 0 Å². The van der Waals surface area contributed by atoms with Crippen LogP contribution in [0.3, 0.4) is 0 Å². The summed E-state index contributed by atoms with van der Waals surface area (Å²) in [6.45, 7) is 1.82. The molecule has 0 radical (unpaired) electrons. The van der Waals surface area contributed by atoms with E-state index in [-0.39, 0.29) is 0 Å². The molecule has 0 unspecified atom stereocenters. The zero-order valence-electron chi connectivity index (χ0n) is 4.65. The third-order valence-electron chi connectivity index (χ3n) is 1.21. The molecule has 0 aliphatic carbocycles. The van der Waals surface area contributed by atoms with Crippen LogP contribution in [0.2, 0.25) is 0 Å². The average Bonchev–Trinajstić information content (AvgIpc) is 1.90. The Morgan fingerprint density at radius 3 is 3.00 bits per heavy atom. The Kier molecular flexibility index (Phi) is 1.66. The quantitative estimate of drug-likeness (QED) is 0.488. The van der Waals surface area contributed by atoms with Gasteiger partial charge in [-0.1, -0.05) is 6.08 Å². The molecule has 0 saturated carbocycles. The molecule has 1 aliphatic rings. The lowest BCUT2D eigenvalue weighted by molar-refractivity contribution is 0.714. The zero-order valence-corrected chi connectivity index (χ0v) is 4.65. The Morgan fingerprint density at radius 1 is 1.75 bits per heavy atom. The number of rotatable bonds is 0. The standard InChI is InChI=1S/C6H8N2/c7-5-6-1-3-8-4-2-6/h1,8H,2-4H2. The maximum absolute atomic E-state index is 8.34. The molecule has 1 heterocycles. The van der Waals surface area contributed by atoms with E-state index < -0.39 is 0 Å². The maximum atomic E-state index is 8.34. The van der Waals surface area contributed by atoms with Crippen molar-refractivity contribution in [2.45, 2.75) is 6.42 Å². The largest absolute Gasteiger partial charge is 0.313 e. The van der Waals surface area contributed by atoms with Crippen molar-refractivity contribution in [1.29, 1.82) is 5.26 Å². The first kappa shape index (κ1) is 5.33. The van der Waals surface area contributed by atoms with E-state index in [2.05, 4.69) is 11.4 Å². The molecule has 1 rings (SSSR count). The monoisotopic (exact) mass is 108 g/mol. The minimum Gasteiger partial charge on any atom is -0.313 e. The average molecular weight is 108 g/mol. The van der Waals surface area contributed by atoms with Gasteiger partial charge in [0.15, 0.2) is 0 Å². The number of nitrogens with one attached hydrogen (secondary N) is 1. The predicted octanol–water partition coefficient (Wildman–Crippen LogP) is 0.430. The van der Waals surface area contributed by atoms with Gasteiger partial charge in [-0.25, -0.2) is 0 Å². The molecule has 8 heavy (non-hydrogen) atoms. The first-order valence-corrected chi connectivity index (χ1v) is 2.73. The highest BCUT2D eigenvalue weighted by Crippen LogP contribution is 2.00. The lowest BCUT2D eigenvalue weighted by atomic mass is 10.1. The lowest BCUT2D eigenvalue weighted by Gasteiger charge is -2.06. The normalized spacial score (nSPS) is 19.1. The van der Waals surface area contributed by atoms with Crippen molar-refractivity contribution in [2.24, 2.45) is 0 Å². The molecule has 0 spiro atoms. The minimum atomic E-state index is 0.864. The third kappa shape index (κ3) is 1.08. The van der Waals surface area contributed by atoms with Crippen LogP contribution in [-0.2, 0) is 0 Å². The number of nitriles is 1. The third-order valence-corrected chi connectivity index (χ3v) is 1.21. The molecular formula is C6H8N2. The first-order chi connectivity index (χ1) is 3.93. The van der Waals surface area contributed by atoms with Crippen LogP contribution in [0.4, 0.5) is 0 Å². The summed E-state index contributed by atoms with van der Waals surface area (Å²) in [6, 6.07) is 2.12. The molecule has 42 valence electrons. The Morgan fingerprint density at radius 2 is 2.62 bits per heavy atom. The molecule has 0 saturated heterocycles. The fourth-order valence-corrected chi connectivity index (χ4v) is 0.724. The van der Waals surface area contributed by atoms with E-state index in [4.69, 9.17) is 5.26 Å². The second-order valence-electron chi connectivity index (χ2n) is 1.80. The smallest absolute Gasteiger partial charge is 0.0944 e. The predicted molar refractivity (Wildman–Crippen MR) is 31.2 cm³/mol. The summed E-state index contributed by atoms with van der Waals surface area (Å²) in [5.41, 5.74) is 0.920. The van der Waals surface area contributed by atoms with Crippen molar-refractivity contribution in [3.05, 3.63) is 11.6 Å². The summed E-state index contributed by atoms with van der Waals surface area (Å²) in [7, 11) is 0. The van der Waals surface area contributed by atoms with Crippen molar-refractivity contribution in [2.75, 3.05) is 13.1 Å². The van der Waals surface area contributed by atoms with Gasteiger partial charge in [0.1, 0.15) is 0 Å². The fourth-order valence-electron chi connectivity index (χ4n) is 0.724. The highest BCUT2D eigenvalue weighted by molar-refractivity contribution is 5.22. The molecule has 2 heteroatoms. The maximum Gasteiger partial charge on any atom is 0.0944 e. The Hall–Kier alpha value is -0.810. The molecule has 0 aromatic carbocycles. The SMILES string of the molecule is N#CC1=CCNCC1. The van der Waals surface area contributed by atoms with Crippen LogP contribution in [0.5, 0.6) is 0 Å². The van der Waals surface area contributed by atoms with E-state index in [1.165, 1.54) is 0 Å². The van der Waals surface area contributed by atoms with Crippen molar-refractivity contribution in [1.82, 2.24) is 5.32 Å². The number of hydrogen-bond acceptors (Lipinski definition) is 2. The summed E-state index contributed by atoms with van der Waals surface area (Å²) in [5, 5.41) is 11.5. The zero-order chi connectivity index (χ0) is 5.82. The Labute approximate surface area is 48.8 Å². The van der Waals surface area contributed by atoms with Crippen molar-refractivity contribution in [3.8, 4) is 6.07 Å². The molecule has 0 amide bonds. The van der Waals surface area contributed by atoms with E-state index in [1.807, 2.05) is 6.08 Å². The molecule has 1 aliphatic heterocycles. The van der Waals surface area contributed by atoms with Crippen LogP contribution in [0.15, 0.2) is 11.6 Å². The van der Waals surface area contributed by atoms with Gasteiger partial charge in [-0.2, -0.15) is 5.26 Å². The summed E-state index contributed by atoms with van der Waals surface area (Å²) in [4.78, 5) is 0. The summed E-state index contributed by atoms with van der Waals surface area (Å²) >= 11 is 0. The van der Waals surface area contributed by atoms with E-state index in [9.17, 15) is 0 Å². The summed E-state index contributed by atoms with van der Waals surface area (Å²) in [5.74, 6) is 0. The Balaban J connectivity index is 2.53. The highest BCUT2D eigenvalue weighted by atomic mass is 14.8. The number of nitrogens with zero attached hydrogens (tertiary/aromatic N) is 1. The van der Waals surface area contributed by atoms with Gasteiger partial charge in [0.05, 0.1) is 6.07 Å². The van der Waals surface area contributed by atoms with Crippen LogP contribution >= 0.6 is 0 Å². The van der Waals surface area contributed by atoms with Gasteiger partial charge in [-0.3, -0.25) is 0 Å². The highest BCUT2D eigenvalue weighted by Gasteiger charge is 1.98. The van der Waals surface area contributed by atoms with Crippen molar-refractivity contribution in [3.63, 3.8) is 0 Å². The molecular weight excluding hydrogens is 100 g/mol. The van der Waals surface area contributed by atoms with E-state index in [0.717, 1.165) is 25.1 Å². The Bertz CT molecular complexity index is 141. The fraction of sp³-hybridized carbons (Fsp3) is 0.500. The van der Waals surface area contributed by atoms with Gasteiger partial charge in [0.25, 0.3) is 0 Å². The van der Waals surface area contributed by atoms with Gasteiger partial charge in [-0.05, 0) is 6.42 Å². The molecule has 0 fully saturated rings. The van der Waals surface area contributed by atoms with Crippen LogP contribution in [0.1, 0.15) is 6.42 Å². The molecule has 2 nitrogen and oxygen atoms in total.